The fourth-order valence-corrected chi connectivity index (χ4v) is 2.44. The van der Waals surface area contributed by atoms with Gasteiger partial charge in [0.25, 0.3) is 0 Å². The van der Waals surface area contributed by atoms with Crippen LogP contribution in [-0.2, 0) is 23.9 Å². The van der Waals surface area contributed by atoms with E-state index in [-0.39, 0.29) is 31.5 Å². The van der Waals surface area contributed by atoms with Gasteiger partial charge in [-0.3, -0.25) is 4.79 Å². The Balaban J connectivity index is 3.18. The molecular formula is C18H30N4O7. The first-order valence-corrected chi connectivity index (χ1v) is 9.22. The summed E-state index contributed by atoms with van der Waals surface area (Å²) in [5.74, 6) is -0.0951. The molecule has 11 heteroatoms. The van der Waals surface area contributed by atoms with Crippen LogP contribution in [0.2, 0.25) is 0 Å². The number of nitrogens with zero attached hydrogens (tertiary/aromatic N) is 2. The first-order chi connectivity index (χ1) is 13.2. The highest BCUT2D eigenvalue weighted by molar-refractivity contribution is 5.83. The maximum atomic E-state index is 12.8. The van der Waals surface area contributed by atoms with Crippen LogP contribution in [0.25, 0.3) is 0 Å². The van der Waals surface area contributed by atoms with Crippen molar-refractivity contribution in [3.8, 4) is 0 Å². The predicted molar refractivity (Wildman–Crippen MR) is 102 cm³/mol. The number of rotatable bonds is 6. The Morgan fingerprint density at radius 1 is 1.21 bits per heavy atom. The third-order valence-electron chi connectivity index (χ3n) is 3.42. The number of nitrogens with one attached hydrogen (secondary N) is 2. The molecule has 11 nitrogen and oxygen atoms in total. The van der Waals surface area contributed by atoms with Crippen molar-refractivity contribution >= 4 is 24.0 Å². The number of esters is 1. The molecule has 0 spiro atoms. The highest BCUT2D eigenvalue weighted by Crippen LogP contribution is 2.21. The largest absolute Gasteiger partial charge is 0.481 e. The summed E-state index contributed by atoms with van der Waals surface area (Å²) in [7, 11) is 0. The van der Waals surface area contributed by atoms with E-state index in [0.29, 0.717) is 0 Å². The molecule has 164 valence electrons. The van der Waals surface area contributed by atoms with E-state index in [2.05, 4.69) is 10.9 Å². The molecule has 3 N–H and O–H groups in total. The van der Waals surface area contributed by atoms with Crippen molar-refractivity contribution in [2.24, 2.45) is 0 Å². The average Bonchev–Trinajstić information content (AvgIpc) is 2.54. The van der Waals surface area contributed by atoms with Crippen LogP contribution in [0.3, 0.4) is 0 Å². The molecule has 1 fully saturated rings. The van der Waals surface area contributed by atoms with Crippen LogP contribution < -0.4 is 10.9 Å². The average molecular weight is 414 g/mol. The molecule has 0 aromatic rings. The molecule has 0 saturated carbocycles. The van der Waals surface area contributed by atoms with Crippen molar-refractivity contribution in [2.45, 2.75) is 71.6 Å². The molecule has 0 aliphatic carbocycles. The van der Waals surface area contributed by atoms with Gasteiger partial charge in [0, 0.05) is 18.7 Å². The minimum absolute atomic E-state index is 0.115. The van der Waals surface area contributed by atoms with Gasteiger partial charge in [0.05, 0.1) is 6.42 Å². The molecule has 0 aromatic carbocycles. The minimum atomic E-state index is -1.23. The van der Waals surface area contributed by atoms with E-state index in [9.17, 15) is 19.2 Å². The summed E-state index contributed by atoms with van der Waals surface area (Å²) in [6, 6.07) is -1.23. The monoisotopic (exact) mass is 414 g/mol. The molecule has 1 atom stereocenters. The fourth-order valence-electron chi connectivity index (χ4n) is 2.44. The van der Waals surface area contributed by atoms with E-state index in [1.54, 1.807) is 47.5 Å². The standard InChI is InChI=1S/C18H30N4O7/c1-17(2,3)28-15(26)14-12(11-23)7-9-19-22(14)21(10-8-13(24)25)20-16(27)29-18(4,5)6/h14,19H,7-10H2,1-6H3,(H,20,27)(H,24,25). The lowest BCUT2D eigenvalue weighted by Gasteiger charge is -2.42. The van der Waals surface area contributed by atoms with Crippen LogP contribution in [0.4, 0.5) is 4.79 Å². The zero-order chi connectivity index (χ0) is 22.4. The number of hydrazine groups is 3. The number of amides is 1. The first kappa shape index (κ1) is 24.6. The normalized spacial score (nSPS) is 18.2. The SMILES string of the molecule is CC(C)(C)OC(=O)NN(CCC(=O)O)N1NCCC(=C=O)C1C(=O)OC(C)(C)C. The molecular weight excluding hydrogens is 384 g/mol. The smallest absolute Gasteiger partial charge is 0.423 e. The van der Waals surface area contributed by atoms with E-state index >= 15 is 0 Å². The van der Waals surface area contributed by atoms with Crippen molar-refractivity contribution in [2.75, 3.05) is 13.1 Å². The third kappa shape index (κ3) is 8.61. The topological polar surface area (TPSA) is 138 Å². The van der Waals surface area contributed by atoms with Gasteiger partial charge in [0.15, 0.2) is 6.04 Å². The van der Waals surface area contributed by atoms with E-state index in [1.165, 1.54) is 5.12 Å². The summed E-state index contributed by atoms with van der Waals surface area (Å²) in [5, 5.41) is 11.3. The van der Waals surface area contributed by atoms with Gasteiger partial charge < -0.3 is 14.6 Å². The summed E-state index contributed by atoms with van der Waals surface area (Å²) in [6.07, 6.45) is -0.965. The molecule has 0 aromatic heterocycles. The number of hydrogen-bond acceptors (Lipinski definition) is 9. The molecule has 0 bridgehead atoms. The molecule has 1 aliphatic rings. The molecule has 1 saturated heterocycles. The maximum Gasteiger partial charge on any atom is 0.423 e. The van der Waals surface area contributed by atoms with E-state index in [1.807, 2.05) is 0 Å². The second-order valence-corrected chi connectivity index (χ2v) is 8.45. The number of aliphatic carboxylic acids is 1. The van der Waals surface area contributed by atoms with Crippen molar-refractivity contribution in [3.05, 3.63) is 5.57 Å². The highest BCUT2D eigenvalue weighted by Gasteiger charge is 2.41. The first-order valence-electron chi connectivity index (χ1n) is 9.22. The molecule has 1 amide bonds. The quantitative estimate of drug-likeness (QED) is 0.325. The number of carbonyl (C=O) groups is 3. The van der Waals surface area contributed by atoms with Gasteiger partial charge in [-0.1, -0.05) is 0 Å². The van der Waals surface area contributed by atoms with Gasteiger partial charge in [-0.05, 0) is 48.0 Å². The van der Waals surface area contributed by atoms with Gasteiger partial charge in [-0.15, -0.1) is 10.2 Å². The summed E-state index contributed by atoms with van der Waals surface area (Å²) >= 11 is 0. The lowest BCUT2D eigenvalue weighted by atomic mass is 10.0. The van der Waals surface area contributed by atoms with Gasteiger partial charge in [-0.25, -0.2) is 25.2 Å². The Labute approximate surface area is 169 Å². The number of ether oxygens (including phenoxy) is 2. The summed E-state index contributed by atoms with van der Waals surface area (Å²) in [4.78, 5) is 47.5. The van der Waals surface area contributed by atoms with Crippen LogP contribution in [0.1, 0.15) is 54.4 Å². The van der Waals surface area contributed by atoms with Crippen LogP contribution in [-0.4, -0.2) is 69.6 Å². The number of carboxylic acid groups (broad SMARTS) is 1. The van der Waals surface area contributed by atoms with E-state index in [4.69, 9.17) is 14.6 Å². The van der Waals surface area contributed by atoms with Crippen molar-refractivity contribution < 1.29 is 33.8 Å². The van der Waals surface area contributed by atoms with Gasteiger partial charge >= 0.3 is 18.0 Å². The van der Waals surface area contributed by atoms with Crippen LogP contribution in [0, 0.1) is 0 Å². The van der Waals surface area contributed by atoms with Gasteiger partial charge in [0.2, 0.25) is 0 Å². The van der Waals surface area contributed by atoms with Crippen molar-refractivity contribution in [3.63, 3.8) is 0 Å². The number of hydrogen-bond donors (Lipinski definition) is 3. The molecule has 1 unspecified atom stereocenters. The third-order valence-corrected chi connectivity index (χ3v) is 3.42. The summed E-state index contributed by atoms with van der Waals surface area (Å²) in [5.41, 5.74) is 3.80. The minimum Gasteiger partial charge on any atom is -0.481 e. The van der Waals surface area contributed by atoms with Crippen LogP contribution in [0.15, 0.2) is 5.57 Å². The lowest BCUT2D eigenvalue weighted by Crippen LogP contribution is -2.67. The number of carboxylic acids is 1. The molecule has 0 radical (unpaired) electrons. The van der Waals surface area contributed by atoms with Crippen molar-refractivity contribution in [1.82, 2.24) is 21.1 Å². The molecule has 29 heavy (non-hydrogen) atoms. The van der Waals surface area contributed by atoms with Crippen molar-refractivity contribution in [1.29, 1.82) is 0 Å². The Morgan fingerprint density at radius 2 is 1.79 bits per heavy atom. The zero-order valence-electron chi connectivity index (χ0n) is 17.7. The zero-order valence-corrected chi connectivity index (χ0v) is 17.7. The molecule has 1 heterocycles. The Hall–Kier alpha value is -2.46. The highest BCUT2D eigenvalue weighted by atomic mass is 16.6. The Morgan fingerprint density at radius 3 is 2.28 bits per heavy atom. The van der Waals surface area contributed by atoms with Gasteiger partial charge in [-0.2, -0.15) is 0 Å². The maximum absolute atomic E-state index is 12.8. The Bertz CT molecular complexity index is 675. The van der Waals surface area contributed by atoms with Crippen LogP contribution in [0.5, 0.6) is 0 Å². The fraction of sp³-hybridized carbons (Fsp3) is 0.722. The number of carbonyl (C=O) groups excluding carboxylic acids is 3. The van der Waals surface area contributed by atoms with Crippen LogP contribution >= 0.6 is 0 Å². The second kappa shape index (κ2) is 9.84. The van der Waals surface area contributed by atoms with Gasteiger partial charge in [0.1, 0.15) is 17.1 Å². The molecule has 1 aliphatic heterocycles. The van der Waals surface area contributed by atoms with E-state index < -0.39 is 35.3 Å². The van der Waals surface area contributed by atoms with E-state index in [0.717, 1.165) is 5.12 Å². The second-order valence-electron chi connectivity index (χ2n) is 8.45. The molecule has 1 rings (SSSR count). The summed E-state index contributed by atoms with van der Waals surface area (Å²) in [6.45, 7) is 10.1. The summed E-state index contributed by atoms with van der Waals surface area (Å²) < 4.78 is 10.6. The Kier molecular flexibility index (Phi) is 8.34. The lowest BCUT2D eigenvalue weighted by molar-refractivity contribution is -0.184. The predicted octanol–water partition coefficient (Wildman–Crippen LogP) is 0.796.